The van der Waals surface area contributed by atoms with E-state index in [2.05, 4.69) is 32.0 Å². The van der Waals surface area contributed by atoms with Gasteiger partial charge < -0.3 is 9.64 Å². The van der Waals surface area contributed by atoms with Crippen molar-refractivity contribution in [2.75, 3.05) is 26.8 Å². The van der Waals surface area contributed by atoms with Crippen molar-refractivity contribution in [3.8, 4) is 0 Å². The first-order valence-electron chi connectivity index (χ1n) is 6.93. The topological polar surface area (TPSA) is 29.5 Å². The van der Waals surface area contributed by atoms with Crippen LogP contribution in [0, 0.1) is 19.8 Å². The average Bonchev–Trinajstić information content (AvgIpc) is 2.83. The molecule has 0 N–H and O–H groups in total. The molecular formula is C16H23NO2. The molecule has 1 unspecified atom stereocenters. The summed E-state index contributed by atoms with van der Waals surface area (Å²) in [6, 6.07) is 6.30. The van der Waals surface area contributed by atoms with Crippen LogP contribution in [0.3, 0.4) is 0 Å². The van der Waals surface area contributed by atoms with Crippen LogP contribution in [0.4, 0.5) is 0 Å². The van der Waals surface area contributed by atoms with Crippen molar-refractivity contribution in [1.29, 1.82) is 0 Å². The number of hydrogen-bond donors (Lipinski definition) is 0. The highest BCUT2D eigenvalue weighted by atomic mass is 16.5. The van der Waals surface area contributed by atoms with Crippen LogP contribution in [0.2, 0.25) is 0 Å². The zero-order valence-corrected chi connectivity index (χ0v) is 12.1. The molecule has 19 heavy (non-hydrogen) atoms. The van der Waals surface area contributed by atoms with Crippen molar-refractivity contribution < 1.29 is 9.53 Å². The van der Waals surface area contributed by atoms with Crippen LogP contribution >= 0.6 is 0 Å². The van der Waals surface area contributed by atoms with E-state index in [0.717, 1.165) is 31.7 Å². The number of benzene rings is 1. The van der Waals surface area contributed by atoms with Gasteiger partial charge in [-0.25, -0.2) is 0 Å². The molecule has 0 bridgehead atoms. The molecule has 104 valence electrons. The van der Waals surface area contributed by atoms with Crippen LogP contribution in [-0.4, -0.2) is 37.6 Å². The maximum atomic E-state index is 12.3. The van der Waals surface area contributed by atoms with Gasteiger partial charge in [0.15, 0.2) is 0 Å². The standard InChI is InChI=1S/C16H23NO2/c1-12-4-5-13(2)15(8-12)9-16(18)17-7-6-14(10-17)11-19-3/h4-5,8,14H,6-7,9-11H2,1-3H3. The van der Waals surface area contributed by atoms with E-state index in [0.29, 0.717) is 12.3 Å². The quantitative estimate of drug-likeness (QED) is 0.832. The monoisotopic (exact) mass is 261 g/mol. The number of rotatable bonds is 4. The zero-order chi connectivity index (χ0) is 13.8. The second-order valence-electron chi connectivity index (χ2n) is 5.56. The molecule has 0 radical (unpaired) electrons. The minimum atomic E-state index is 0.243. The lowest BCUT2D eigenvalue weighted by atomic mass is 10.0. The van der Waals surface area contributed by atoms with E-state index < -0.39 is 0 Å². The largest absolute Gasteiger partial charge is 0.384 e. The van der Waals surface area contributed by atoms with E-state index in [1.807, 2.05) is 4.90 Å². The van der Waals surface area contributed by atoms with Gasteiger partial charge in [0.25, 0.3) is 0 Å². The fourth-order valence-corrected chi connectivity index (χ4v) is 2.70. The van der Waals surface area contributed by atoms with E-state index in [9.17, 15) is 4.79 Å². The molecule has 2 rings (SSSR count). The Morgan fingerprint density at radius 1 is 1.42 bits per heavy atom. The Hall–Kier alpha value is -1.35. The van der Waals surface area contributed by atoms with Crippen molar-refractivity contribution in [2.45, 2.75) is 26.7 Å². The maximum absolute atomic E-state index is 12.3. The second kappa shape index (κ2) is 6.20. The van der Waals surface area contributed by atoms with Crippen molar-refractivity contribution in [3.05, 3.63) is 34.9 Å². The van der Waals surface area contributed by atoms with E-state index in [1.165, 1.54) is 11.1 Å². The smallest absolute Gasteiger partial charge is 0.227 e. The van der Waals surface area contributed by atoms with Gasteiger partial charge in [-0.05, 0) is 31.4 Å². The summed E-state index contributed by atoms with van der Waals surface area (Å²) >= 11 is 0. The lowest BCUT2D eigenvalue weighted by Gasteiger charge is -2.17. The molecule has 3 heteroatoms. The Kier molecular flexibility index (Phi) is 4.59. The molecular weight excluding hydrogens is 238 g/mol. The first kappa shape index (κ1) is 14.1. The Labute approximate surface area is 115 Å². The van der Waals surface area contributed by atoms with Gasteiger partial charge in [-0.2, -0.15) is 0 Å². The number of ether oxygens (including phenoxy) is 1. The van der Waals surface area contributed by atoms with Crippen LogP contribution in [0.5, 0.6) is 0 Å². The Balaban J connectivity index is 1.96. The van der Waals surface area contributed by atoms with Crippen molar-refractivity contribution in [3.63, 3.8) is 0 Å². The molecule has 1 heterocycles. The minimum absolute atomic E-state index is 0.243. The summed E-state index contributed by atoms with van der Waals surface area (Å²) in [6.45, 7) is 6.61. The average molecular weight is 261 g/mol. The highest BCUT2D eigenvalue weighted by molar-refractivity contribution is 5.79. The van der Waals surface area contributed by atoms with Crippen LogP contribution < -0.4 is 0 Å². The summed E-state index contributed by atoms with van der Waals surface area (Å²) in [7, 11) is 1.72. The first-order chi connectivity index (χ1) is 9.10. The Morgan fingerprint density at radius 3 is 2.95 bits per heavy atom. The van der Waals surface area contributed by atoms with Crippen LogP contribution in [0.25, 0.3) is 0 Å². The Morgan fingerprint density at radius 2 is 2.21 bits per heavy atom. The summed E-state index contributed by atoms with van der Waals surface area (Å²) in [5, 5.41) is 0. The van der Waals surface area contributed by atoms with Crippen LogP contribution in [0.15, 0.2) is 18.2 Å². The van der Waals surface area contributed by atoms with Gasteiger partial charge in [0.05, 0.1) is 13.0 Å². The van der Waals surface area contributed by atoms with E-state index >= 15 is 0 Å². The van der Waals surface area contributed by atoms with Gasteiger partial charge >= 0.3 is 0 Å². The molecule has 1 atom stereocenters. The normalized spacial score (nSPS) is 18.9. The number of amides is 1. The fraction of sp³-hybridized carbons (Fsp3) is 0.562. The highest BCUT2D eigenvalue weighted by Gasteiger charge is 2.26. The van der Waals surface area contributed by atoms with Crippen molar-refractivity contribution >= 4 is 5.91 Å². The molecule has 1 aliphatic rings. The lowest BCUT2D eigenvalue weighted by molar-refractivity contribution is -0.129. The summed E-state index contributed by atoms with van der Waals surface area (Å²) in [5.74, 6) is 0.750. The number of methoxy groups -OCH3 is 1. The third-order valence-electron chi connectivity index (χ3n) is 3.89. The first-order valence-corrected chi connectivity index (χ1v) is 6.93. The van der Waals surface area contributed by atoms with E-state index in [4.69, 9.17) is 4.74 Å². The number of hydrogen-bond acceptors (Lipinski definition) is 2. The van der Waals surface area contributed by atoms with Gasteiger partial charge in [-0.3, -0.25) is 4.79 Å². The summed E-state index contributed by atoms with van der Waals surface area (Å²) in [6.07, 6.45) is 1.58. The van der Waals surface area contributed by atoms with Gasteiger partial charge in [0.1, 0.15) is 0 Å². The predicted octanol–water partition coefficient (Wildman–Crippen LogP) is 2.34. The Bertz CT molecular complexity index is 456. The number of carbonyl (C=O) groups excluding carboxylic acids is 1. The fourth-order valence-electron chi connectivity index (χ4n) is 2.70. The zero-order valence-electron chi connectivity index (χ0n) is 12.1. The van der Waals surface area contributed by atoms with Gasteiger partial charge in [0.2, 0.25) is 5.91 Å². The number of likely N-dealkylation sites (tertiary alicyclic amines) is 1. The number of carbonyl (C=O) groups is 1. The molecule has 1 amide bonds. The molecule has 1 saturated heterocycles. The molecule has 0 aliphatic carbocycles. The number of aryl methyl sites for hydroxylation is 2. The summed E-state index contributed by atoms with van der Waals surface area (Å²) < 4.78 is 5.17. The highest BCUT2D eigenvalue weighted by Crippen LogP contribution is 2.19. The van der Waals surface area contributed by atoms with E-state index in [1.54, 1.807) is 7.11 Å². The second-order valence-corrected chi connectivity index (χ2v) is 5.56. The van der Waals surface area contributed by atoms with Crippen molar-refractivity contribution in [1.82, 2.24) is 4.90 Å². The molecule has 3 nitrogen and oxygen atoms in total. The summed E-state index contributed by atoms with van der Waals surface area (Å²) in [5.41, 5.74) is 3.57. The lowest BCUT2D eigenvalue weighted by Crippen LogP contribution is -2.30. The van der Waals surface area contributed by atoms with Gasteiger partial charge in [0, 0.05) is 26.1 Å². The third-order valence-corrected chi connectivity index (χ3v) is 3.89. The van der Waals surface area contributed by atoms with Gasteiger partial charge in [-0.15, -0.1) is 0 Å². The molecule has 0 spiro atoms. The maximum Gasteiger partial charge on any atom is 0.227 e. The third kappa shape index (κ3) is 3.57. The minimum Gasteiger partial charge on any atom is -0.384 e. The summed E-state index contributed by atoms with van der Waals surface area (Å²) in [4.78, 5) is 14.3. The molecule has 1 aromatic carbocycles. The molecule has 1 fully saturated rings. The van der Waals surface area contributed by atoms with Crippen LogP contribution in [-0.2, 0) is 16.0 Å². The number of nitrogens with zero attached hydrogens (tertiary/aromatic N) is 1. The SMILES string of the molecule is COCC1CCN(C(=O)Cc2cc(C)ccc2C)C1. The molecule has 0 saturated carbocycles. The molecule has 0 aromatic heterocycles. The molecule has 1 aliphatic heterocycles. The molecule has 1 aromatic rings. The van der Waals surface area contributed by atoms with Crippen molar-refractivity contribution in [2.24, 2.45) is 5.92 Å². The van der Waals surface area contributed by atoms with Crippen LogP contribution in [0.1, 0.15) is 23.1 Å². The van der Waals surface area contributed by atoms with E-state index in [-0.39, 0.29) is 5.91 Å². The predicted molar refractivity (Wildman–Crippen MR) is 76.2 cm³/mol. The van der Waals surface area contributed by atoms with Gasteiger partial charge in [-0.1, -0.05) is 23.8 Å².